The summed E-state index contributed by atoms with van der Waals surface area (Å²) in [5.41, 5.74) is 13.1. The minimum absolute atomic E-state index is 0.146. The van der Waals surface area contributed by atoms with E-state index in [1.165, 1.54) is 0 Å². The lowest BCUT2D eigenvalue weighted by molar-refractivity contribution is 0.0950. The number of benzene rings is 1. The Morgan fingerprint density at radius 2 is 1.94 bits per heavy atom. The fourth-order valence-electron chi connectivity index (χ4n) is 1.49. The highest BCUT2D eigenvalue weighted by Crippen LogP contribution is 2.13. The number of nitrogens with two attached hydrogens (primary N) is 2. The maximum absolute atomic E-state index is 11.8. The molecule has 2 aromatic rings. The summed E-state index contributed by atoms with van der Waals surface area (Å²) in [4.78, 5) is 25.2. The molecule has 1 heterocycles. The van der Waals surface area contributed by atoms with Gasteiger partial charge in [-0.3, -0.25) is 9.59 Å². The number of carbonyl (C=O) groups is 1. The third kappa shape index (κ3) is 2.89. The Labute approximate surface area is 107 Å². The van der Waals surface area contributed by atoms with Crippen molar-refractivity contribution in [2.75, 3.05) is 11.5 Å². The van der Waals surface area contributed by atoms with Gasteiger partial charge >= 0.3 is 4.87 Å². The molecule has 0 aliphatic rings. The van der Waals surface area contributed by atoms with E-state index in [-0.39, 0.29) is 17.3 Å². The van der Waals surface area contributed by atoms with E-state index in [1.54, 1.807) is 23.6 Å². The zero-order valence-electron chi connectivity index (χ0n) is 9.40. The molecule has 6 nitrogen and oxygen atoms in total. The summed E-state index contributed by atoms with van der Waals surface area (Å²) in [6, 6.07) is 4.66. The molecule has 1 amide bonds. The molecule has 0 saturated heterocycles. The molecule has 7 heteroatoms. The van der Waals surface area contributed by atoms with Crippen molar-refractivity contribution in [1.82, 2.24) is 10.3 Å². The lowest BCUT2D eigenvalue weighted by Gasteiger charge is -2.05. The number of hydrogen-bond acceptors (Lipinski definition) is 5. The van der Waals surface area contributed by atoms with E-state index in [9.17, 15) is 9.59 Å². The van der Waals surface area contributed by atoms with E-state index in [0.29, 0.717) is 22.6 Å². The quantitative estimate of drug-likeness (QED) is 0.605. The van der Waals surface area contributed by atoms with E-state index < -0.39 is 0 Å². The maximum atomic E-state index is 11.8. The molecule has 0 bridgehead atoms. The molecule has 0 radical (unpaired) electrons. The second-order valence-electron chi connectivity index (χ2n) is 3.74. The minimum atomic E-state index is -0.291. The number of carbonyl (C=O) groups excluding carboxylic acids is 1. The number of nitrogen functional groups attached to an aromatic ring is 2. The van der Waals surface area contributed by atoms with Crippen molar-refractivity contribution in [3.05, 3.63) is 44.5 Å². The van der Waals surface area contributed by atoms with Crippen molar-refractivity contribution in [2.24, 2.45) is 0 Å². The molecule has 0 fully saturated rings. The van der Waals surface area contributed by atoms with Crippen LogP contribution in [0.5, 0.6) is 0 Å². The Balaban J connectivity index is 2.05. The molecule has 0 spiro atoms. The van der Waals surface area contributed by atoms with Crippen LogP contribution in [0.3, 0.4) is 0 Å². The third-order valence-corrected chi connectivity index (χ3v) is 2.97. The van der Waals surface area contributed by atoms with Crippen LogP contribution in [0, 0.1) is 0 Å². The van der Waals surface area contributed by atoms with E-state index in [2.05, 4.69) is 10.3 Å². The fourth-order valence-corrected chi connectivity index (χ4v) is 2.07. The van der Waals surface area contributed by atoms with E-state index >= 15 is 0 Å². The average molecular weight is 264 g/mol. The Kier molecular flexibility index (Phi) is 3.33. The van der Waals surface area contributed by atoms with Crippen LogP contribution in [0.25, 0.3) is 0 Å². The van der Waals surface area contributed by atoms with Gasteiger partial charge in [0.25, 0.3) is 5.91 Å². The molecule has 0 aliphatic carbocycles. The zero-order chi connectivity index (χ0) is 13.1. The molecule has 6 N–H and O–H groups in total. The van der Waals surface area contributed by atoms with Crippen molar-refractivity contribution < 1.29 is 4.79 Å². The molecular weight excluding hydrogens is 252 g/mol. The van der Waals surface area contributed by atoms with Crippen LogP contribution in [0.1, 0.15) is 16.1 Å². The van der Waals surface area contributed by atoms with Crippen LogP contribution in [0.2, 0.25) is 0 Å². The maximum Gasteiger partial charge on any atom is 0.304 e. The van der Waals surface area contributed by atoms with Gasteiger partial charge in [-0.05, 0) is 18.2 Å². The minimum Gasteiger partial charge on any atom is -0.399 e. The number of nitrogens with one attached hydrogen (secondary N) is 2. The predicted octanol–water partition coefficient (Wildman–Crippen LogP) is 0.531. The van der Waals surface area contributed by atoms with Crippen LogP contribution in [-0.2, 0) is 6.54 Å². The summed E-state index contributed by atoms with van der Waals surface area (Å²) in [6.07, 6.45) is 0. The highest BCUT2D eigenvalue weighted by Gasteiger charge is 2.07. The molecule has 0 aliphatic heterocycles. The Bertz CT molecular complexity index is 612. The van der Waals surface area contributed by atoms with Gasteiger partial charge in [-0.25, -0.2) is 0 Å². The second kappa shape index (κ2) is 4.92. The van der Waals surface area contributed by atoms with Crippen molar-refractivity contribution in [3.63, 3.8) is 0 Å². The monoisotopic (exact) mass is 264 g/mol. The lowest BCUT2D eigenvalue weighted by Crippen LogP contribution is -2.23. The summed E-state index contributed by atoms with van der Waals surface area (Å²) in [7, 11) is 0. The number of anilines is 2. The van der Waals surface area contributed by atoms with Crippen LogP contribution in [0.15, 0.2) is 28.4 Å². The molecule has 18 heavy (non-hydrogen) atoms. The van der Waals surface area contributed by atoms with Gasteiger partial charge in [0.15, 0.2) is 0 Å². The lowest BCUT2D eigenvalue weighted by atomic mass is 10.1. The Morgan fingerprint density at radius 1 is 1.28 bits per heavy atom. The van der Waals surface area contributed by atoms with Gasteiger partial charge in [0.05, 0.1) is 6.54 Å². The normalized spacial score (nSPS) is 10.2. The first-order valence-corrected chi connectivity index (χ1v) is 6.03. The molecular formula is C11H12N4O2S. The summed E-state index contributed by atoms with van der Waals surface area (Å²) in [5, 5.41) is 4.33. The van der Waals surface area contributed by atoms with Gasteiger partial charge in [0.2, 0.25) is 0 Å². The Hall–Kier alpha value is -2.28. The van der Waals surface area contributed by atoms with E-state index in [1.807, 2.05) is 0 Å². The van der Waals surface area contributed by atoms with Gasteiger partial charge in [-0.1, -0.05) is 11.3 Å². The Morgan fingerprint density at radius 3 is 2.50 bits per heavy atom. The van der Waals surface area contributed by atoms with E-state index in [0.717, 1.165) is 11.3 Å². The number of rotatable bonds is 3. The molecule has 94 valence electrons. The predicted molar refractivity (Wildman–Crippen MR) is 71.4 cm³/mol. The third-order valence-electron chi connectivity index (χ3n) is 2.25. The van der Waals surface area contributed by atoms with Crippen molar-refractivity contribution in [2.45, 2.75) is 6.54 Å². The van der Waals surface area contributed by atoms with Gasteiger partial charge in [0, 0.05) is 28.0 Å². The molecule has 0 saturated carbocycles. The molecule has 1 aromatic carbocycles. The smallest absolute Gasteiger partial charge is 0.304 e. The van der Waals surface area contributed by atoms with Gasteiger partial charge in [0.1, 0.15) is 0 Å². The SMILES string of the molecule is Nc1cc(N)cc(C(=O)NCc2csc(=O)[nH]2)c1. The fraction of sp³-hybridized carbons (Fsp3) is 0.0909. The summed E-state index contributed by atoms with van der Waals surface area (Å²) in [6.45, 7) is 0.256. The topological polar surface area (TPSA) is 114 Å². The van der Waals surface area contributed by atoms with Crippen LogP contribution in [-0.4, -0.2) is 10.9 Å². The number of hydrogen-bond donors (Lipinski definition) is 4. The van der Waals surface area contributed by atoms with Crippen molar-refractivity contribution in [1.29, 1.82) is 0 Å². The summed E-state index contributed by atoms with van der Waals surface area (Å²) < 4.78 is 0. The molecule has 1 aromatic heterocycles. The van der Waals surface area contributed by atoms with Crippen molar-refractivity contribution >= 4 is 28.6 Å². The van der Waals surface area contributed by atoms with Crippen LogP contribution < -0.4 is 21.7 Å². The average Bonchev–Trinajstić information content (AvgIpc) is 2.70. The van der Waals surface area contributed by atoms with Gasteiger partial charge in [-0.2, -0.15) is 0 Å². The largest absolute Gasteiger partial charge is 0.399 e. The second-order valence-corrected chi connectivity index (χ2v) is 4.59. The zero-order valence-corrected chi connectivity index (χ0v) is 10.2. The van der Waals surface area contributed by atoms with Gasteiger partial charge in [-0.15, -0.1) is 0 Å². The van der Waals surface area contributed by atoms with Crippen LogP contribution in [0.4, 0.5) is 11.4 Å². The summed E-state index contributed by atoms with van der Waals surface area (Å²) >= 11 is 1.05. The highest BCUT2D eigenvalue weighted by molar-refractivity contribution is 7.07. The summed E-state index contributed by atoms with van der Waals surface area (Å²) in [5.74, 6) is -0.291. The number of H-pyrrole nitrogens is 1. The molecule has 2 rings (SSSR count). The number of amides is 1. The highest BCUT2D eigenvalue weighted by atomic mass is 32.1. The number of aromatic amines is 1. The number of thiazole rings is 1. The first-order chi connectivity index (χ1) is 8.54. The van der Waals surface area contributed by atoms with Gasteiger partial charge < -0.3 is 21.8 Å². The molecule has 0 atom stereocenters. The number of aromatic nitrogens is 1. The van der Waals surface area contributed by atoms with Crippen molar-refractivity contribution in [3.8, 4) is 0 Å². The standard InChI is InChI=1S/C11H12N4O2S/c12-7-1-6(2-8(13)3-7)10(16)14-4-9-5-18-11(17)15-9/h1-3,5H,4,12-13H2,(H,14,16)(H,15,17). The van der Waals surface area contributed by atoms with Crippen LogP contribution >= 0.6 is 11.3 Å². The first kappa shape index (κ1) is 12.2. The molecule has 0 unspecified atom stereocenters. The van der Waals surface area contributed by atoms with E-state index in [4.69, 9.17) is 11.5 Å². The first-order valence-electron chi connectivity index (χ1n) is 5.15.